The van der Waals surface area contributed by atoms with E-state index in [2.05, 4.69) is 12.2 Å². The lowest BCUT2D eigenvalue weighted by atomic mass is 9.83. The zero-order chi connectivity index (χ0) is 17.4. The summed E-state index contributed by atoms with van der Waals surface area (Å²) in [5, 5.41) is 13.7. The Morgan fingerprint density at radius 1 is 1.32 bits per heavy atom. The monoisotopic (exact) mass is 357 g/mol. The van der Waals surface area contributed by atoms with E-state index in [1.54, 1.807) is 11.3 Å². The normalized spacial score (nSPS) is 28.3. The number of para-hydroxylation sites is 1. The number of thiophene rings is 1. The number of aryl methyl sites for hydroxylation is 2. The highest BCUT2D eigenvalue weighted by atomic mass is 32.1. The number of benzene rings is 1. The van der Waals surface area contributed by atoms with Crippen LogP contribution in [0.1, 0.15) is 33.0 Å². The van der Waals surface area contributed by atoms with Crippen LogP contribution in [0.15, 0.2) is 36.4 Å². The van der Waals surface area contributed by atoms with E-state index in [-0.39, 0.29) is 23.8 Å². The van der Waals surface area contributed by atoms with E-state index in [1.807, 2.05) is 36.4 Å². The first-order valence-corrected chi connectivity index (χ1v) is 9.70. The number of hydrogen-bond acceptors (Lipinski definition) is 5. The van der Waals surface area contributed by atoms with Gasteiger partial charge < -0.3 is 15.2 Å². The van der Waals surface area contributed by atoms with Gasteiger partial charge in [0.1, 0.15) is 18.0 Å². The van der Waals surface area contributed by atoms with Crippen molar-refractivity contribution in [3.05, 3.63) is 51.7 Å². The Hall–Kier alpha value is -1.69. The average Bonchev–Trinajstić information content (AvgIpc) is 3.01. The largest absolute Gasteiger partial charge is 0.488 e. The number of carbonyl (C=O) groups excluding carboxylic acids is 1. The Kier molecular flexibility index (Phi) is 4.63. The fourth-order valence-corrected chi connectivity index (χ4v) is 4.74. The van der Waals surface area contributed by atoms with Gasteiger partial charge in [0.15, 0.2) is 5.78 Å². The number of aliphatic hydroxyl groups excluding tert-OH is 1. The molecule has 4 atom stereocenters. The smallest absolute Gasteiger partial charge is 0.168 e. The van der Waals surface area contributed by atoms with E-state index in [1.165, 1.54) is 9.75 Å². The van der Waals surface area contributed by atoms with Gasteiger partial charge in [0.25, 0.3) is 0 Å². The molecule has 5 heteroatoms. The Balaban J connectivity index is 1.28. The number of carbonyl (C=O) groups is 1. The second-order valence-corrected chi connectivity index (χ2v) is 8.35. The highest BCUT2D eigenvalue weighted by molar-refractivity contribution is 7.12. The lowest BCUT2D eigenvalue weighted by Crippen LogP contribution is -2.61. The Labute approximate surface area is 151 Å². The van der Waals surface area contributed by atoms with Crippen LogP contribution < -0.4 is 10.1 Å². The maximum Gasteiger partial charge on any atom is 0.168 e. The molecule has 2 aliphatic rings. The molecule has 132 valence electrons. The molecule has 0 radical (unpaired) electrons. The fourth-order valence-electron chi connectivity index (χ4n) is 3.69. The molecular formula is C20H23NO3S. The molecule has 4 unspecified atom stereocenters. The van der Waals surface area contributed by atoms with Crippen molar-refractivity contribution in [2.24, 2.45) is 5.92 Å². The van der Waals surface area contributed by atoms with E-state index in [0.717, 1.165) is 30.6 Å². The number of hydrogen-bond donors (Lipinski definition) is 2. The topological polar surface area (TPSA) is 58.6 Å². The summed E-state index contributed by atoms with van der Waals surface area (Å²) < 4.78 is 5.80. The van der Waals surface area contributed by atoms with Crippen molar-refractivity contribution >= 4 is 17.1 Å². The second-order valence-electron chi connectivity index (χ2n) is 7.00. The van der Waals surface area contributed by atoms with Gasteiger partial charge in [-0.15, -0.1) is 11.3 Å². The van der Waals surface area contributed by atoms with E-state index < -0.39 is 6.10 Å². The van der Waals surface area contributed by atoms with Crippen molar-refractivity contribution < 1.29 is 14.6 Å². The van der Waals surface area contributed by atoms with Crippen molar-refractivity contribution in [3.8, 4) is 5.75 Å². The van der Waals surface area contributed by atoms with E-state index in [0.29, 0.717) is 6.54 Å². The van der Waals surface area contributed by atoms with Crippen LogP contribution in [-0.4, -0.2) is 35.7 Å². The number of rotatable bonds is 5. The molecule has 0 amide bonds. The van der Waals surface area contributed by atoms with Crippen LogP contribution in [0.25, 0.3) is 0 Å². The number of Topliss-reactive ketones (excluding diaryl/α,β-unsaturated/α-hetero) is 1. The van der Waals surface area contributed by atoms with Gasteiger partial charge in [0.05, 0.1) is 0 Å². The van der Waals surface area contributed by atoms with Gasteiger partial charge in [-0.25, -0.2) is 0 Å². The van der Waals surface area contributed by atoms with Crippen LogP contribution in [0, 0.1) is 12.8 Å². The number of fused-ring (bicyclic) bond motifs is 1. The number of aliphatic hydroxyl groups is 1. The summed E-state index contributed by atoms with van der Waals surface area (Å²) in [5.41, 5.74) is 0.917. The molecule has 4 rings (SSSR count). The van der Waals surface area contributed by atoms with Gasteiger partial charge >= 0.3 is 0 Å². The Morgan fingerprint density at radius 2 is 2.12 bits per heavy atom. The fraction of sp³-hybridized carbons (Fsp3) is 0.450. The molecular weight excluding hydrogens is 334 g/mol. The van der Waals surface area contributed by atoms with Crippen LogP contribution in [0.4, 0.5) is 0 Å². The van der Waals surface area contributed by atoms with E-state index in [4.69, 9.17) is 4.74 Å². The zero-order valence-corrected chi connectivity index (χ0v) is 15.1. The number of ether oxygens (including phenoxy) is 1. The van der Waals surface area contributed by atoms with Crippen molar-refractivity contribution in [1.82, 2.24) is 5.32 Å². The molecule has 25 heavy (non-hydrogen) atoms. The highest BCUT2D eigenvalue weighted by Crippen LogP contribution is 2.32. The summed E-state index contributed by atoms with van der Waals surface area (Å²) in [7, 11) is 0. The molecule has 2 aliphatic carbocycles. The molecule has 1 saturated carbocycles. The van der Waals surface area contributed by atoms with Crippen LogP contribution >= 0.6 is 11.3 Å². The van der Waals surface area contributed by atoms with Crippen molar-refractivity contribution in [2.45, 2.75) is 44.4 Å². The summed E-state index contributed by atoms with van der Waals surface area (Å²) in [6, 6.07) is 11.6. The van der Waals surface area contributed by atoms with Crippen molar-refractivity contribution in [1.29, 1.82) is 0 Å². The van der Waals surface area contributed by atoms with Gasteiger partial charge in [0, 0.05) is 40.2 Å². The average molecular weight is 357 g/mol. The third-order valence-corrected chi connectivity index (χ3v) is 6.34. The van der Waals surface area contributed by atoms with Crippen molar-refractivity contribution in [3.63, 3.8) is 0 Å². The molecule has 1 heterocycles. The van der Waals surface area contributed by atoms with Crippen LogP contribution in [0.3, 0.4) is 0 Å². The van der Waals surface area contributed by atoms with Crippen molar-refractivity contribution in [2.75, 3.05) is 6.54 Å². The van der Waals surface area contributed by atoms with Crippen LogP contribution in [-0.2, 0) is 6.42 Å². The molecule has 2 aromatic rings. The molecule has 1 aromatic carbocycles. The molecule has 4 nitrogen and oxygen atoms in total. The van der Waals surface area contributed by atoms with Crippen LogP contribution in [0.5, 0.6) is 5.75 Å². The second kappa shape index (κ2) is 6.90. The van der Waals surface area contributed by atoms with Crippen LogP contribution in [0.2, 0.25) is 0 Å². The first-order valence-electron chi connectivity index (χ1n) is 8.88. The quantitative estimate of drug-likeness (QED) is 0.864. The Bertz CT molecular complexity index is 758. The molecule has 0 saturated heterocycles. The minimum atomic E-state index is -0.530. The SMILES string of the molecule is Cc1cc2c(s1)CCC(CNC1CC(Oc3ccccc3)C1O)C2=O. The predicted octanol–water partition coefficient (Wildman–Crippen LogP) is 2.97. The summed E-state index contributed by atoms with van der Waals surface area (Å²) in [6.45, 7) is 2.69. The van der Waals surface area contributed by atoms with Gasteiger partial charge in [0.2, 0.25) is 0 Å². The zero-order valence-electron chi connectivity index (χ0n) is 14.3. The number of ketones is 1. The molecule has 1 aromatic heterocycles. The maximum absolute atomic E-state index is 12.6. The first kappa shape index (κ1) is 16.8. The summed E-state index contributed by atoms with van der Waals surface area (Å²) in [6.07, 6.45) is 1.94. The summed E-state index contributed by atoms with van der Waals surface area (Å²) in [5.74, 6) is 1.06. The molecule has 1 fully saturated rings. The molecule has 0 spiro atoms. The maximum atomic E-state index is 12.6. The lowest BCUT2D eigenvalue weighted by molar-refractivity contribution is -0.0661. The standard InChI is InChI=1S/C20H23NO3S/c1-12-9-15-18(25-12)8-7-13(19(15)22)11-21-16-10-17(20(16)23)24-14-5-3-2-4-6-14/h2-6,9,13,16-17,20-21,23H,7-8,10-11H2,1H3. The lowest BCUT2D eigenvalue weighted by Gasteiger charge is -2.42. The highest BCUT2D eigenvalue weighted by Gasteiger charge is 2.42. The van der Waals surface area contributed by atoms with E-state index >= 15 is 0 Å². The third kappa shape index (κ3) is 3.36. The summed E-state index contributed by atoms with van der Waals surface area (Å²) >= 11 is 1.74. The first-order chi connectivity index (χ1) is 12.1. The van der Waals surface area contributed by atoms with Gasteiger partial charge in [-0.1, -0.05) is 18.2 Å². The third-order valence-electron chi connectivity index (χ3n) is 5.22. The minimum absolute atomic E-state index is 0.00659. The molecule has 2 N–H and O–H groups in total. The molecule has 0 aliphatic heterocycles. The minimum Gasteiger partial charge on any atom is -0.488 e. The Morgan fingerprint density at radius 3 is 2.88 bits per heavy atom. The van der Waals surface area contributed by atoms with Gasteiger partial charge in [-0.05, 0) is 38.0 Å². The number of nitrogens with one attached hydrogen (secondary N) is 1. The van der Waals surface area contributed by atoms with Gasteiger partial charge in [-0.2, -0.15) is 0 Å². The van der Waals surface area contributed by atoms with E-state index in [9.17, 15) is 9.90 Å². The predicted molar refractivity (Wildman–Crippen MR) is 98.5 cm³/mol. The molecule has 0 bridgehead atoms. The summed E-state index contributed by atoms with van der Waals surface area (Å²) in [4.78, 5) is 15.1. The van der Waals surface area contributed by atoms with Gasteiger partial charge in [-0.3, -0.25) is 4.79 Å².